The van der Waals surface area contributed by atoms with E-state index in [0.29, 0.717) is 6.04 Å². The Hall–Kier alpha value is -0.820. The molecule has 0 heterocycles. The summed E-state index contributed by atoms with van der Waals surface area (Å²) in [7, 11) is 0. The summed E-state index contributed by atoms with van der Waals surface area (Å²) in [6.07, 6.45) is 9.53. The zero-order valence-corrected chi connectivity index (χ0v) is 14.9. The van der Waals surface area contributed by atoms with Crippen LogP contribution in [0.4, 0.5) is 0 Å². The highest BCUT2D eigenvalue weighted by molar-refractivity contribution is 5.38. The highest BCUT2D eigenvalue weighted by atomic mass is 14.9. The Bertz CT molecular complexity index is 409. The first-order valence-electron chi connectivity index (χ1n) is 8.91. The van der Waals surface area contributed by atoms with Gasteiger partial charge in [-0.1, -0.05) is 64.5 Å². The predicted molar refractivity (Wildman–Crippen MR) is 95.1 cm³/mol. The molecule has 21 heavy (non-hydrogen) atoms. The topological polar surface area (TPSA) is 12.0 Å². The quantitative estimate of drug-likeness (QED) is 0.520. The zero-order chi connectivity index (χ0) is 15.7. The summed E-state index contributed by atoms with van der Waals surface area (Å²) in [5, 5.41) is 3.69. The number of hydrogen-bond donors (Lipinski definition) is 1. The molecule has 0 bridgehead atoms. The first-order chi connectivity index (χ1) is 10.1. The van der Waals surface area contributed by atoms with Crippen molar-refractivity contribution in [3.05, 3.63) is 34.4 Å². The van der Waals surface area contributed by atoms with Gasteiger partial charge in [0.25, 0.3) is 0 Å². The molecule has 1 unspecified atom stereocenters. The summed E-state index contributed by atoms with van der Waals surface area (Å²) in [5.41, 5.74) is 5.77. The van der Waals surface area contributed by atoms with Crippen LogP contribution < -0.4 is 5.32 Å². The van der Waals surface area contributed by atoms with Gasteiger partial charge in [0.2, 0.25) is 0 Å². The molecule has 0 aliphatic carbocycles. The van der Waals surface area contributed by atoms with Gasteiger partial charge in [-0.05, 0) is 56.0 Å². The number of hydrogen-bond acceptors (Lipinski definition) is 1. The lowest BCUT2D eigenvalue weighted by Crippen LogP contribution is -2.22. The van der Waals surface area contributed by atoms with Gasteiger partial charge in [0.1, 0.15) is 0 Å². The SMILES string of the molecule is CCCCCCCCC(NCC)c1cc(C)c(C)cc1C. The zero-order valence-electron chi connectivity index (χ0n) is 14.9. The maximum absolute atomic E-state index is 3.69. The van der Waals surface area contributed by atoms with Gasteiger partial charge in [-0.2, -0.15) is 0 Å². The van der Waals surface area contributed by atoms with Crippen LogP contribution in [0.3, 0.4) is 0 Å². The van der Waals surface area contributed by atoms with Gasteiger partial charge < -0.3 is 5.32 Å². The number of nitrogens with one attached hydrogen (secondary N) is 1. The fraction of sp³-hybridized carbons (Fsp3) is 0.700. The molecule has 0 saturated carbocycles. The molecule has 1 aromatic carbocycles. The lowest BCUT2D eigenvalue weighted by molar-refractivity contribution is 0.475. The molecule has 0 saturated heterocycles. The van der Waals surface area contributed by atoms with Gasteiger partial charge in [0, 0.05) is 6.04 Å². The summed E-state index contributed by atoms with van der Waals surface area (Å²) in [6, 6.07) is 5.27. The molecule has 0 radical (unpaired) electrons. The summed E-state index contributed by atoms with van der Waals surface area (Å²) in [6.45, 7) is 12.2. The van der Waals surface area contributed by atoms with E-state index in [9.17, 15) is 0 Å². The van der Waals surface area contributed by atoms with Gasteiger partial charge in [0.15, 0.2) is 0 Å². The third kappa shape index (κ3) is 6.22. The van der Waals surface area contributed by atoms with E-state index in [1.165, 1.54) is 67.2 Å². The van der Waals surface area contributed by atoms with Crippen molar-refractivity contribution in [2.45, 2.75) is 85.6 Å². The van der Waals surface area contributed by atoms with Crippen molar-refractivity contribution in [3.63, 3.8) is 0 Å². The first kappa shape index (κ1) is 18.2. The Labute approximate surface area is 132 Å². The highest BCUT2D eigenvalue weighted by Crippen LogP contribution is 2.26. The van der Waals surface area contributed by atoms with Crippen LogP contribution in [0.5, 0.6) is 0 Å². The van der Waals surface area contributed by atoms with E-state index in [1.807, 2.05) is 0 Å². The average Bonchev–Trinajstić information content (AvgIpc) is 2.45. The third-order valence-electron chi connectivity index (χ3n) is 4.55. The van der Waals surface area contributed by atoms with Crippen molar-refractivity contribution in [1.29, 1.82) is 0 Å². The number of unbranched alkanes of at least 4 members (excludes halogenated alkanes) is 5. The van der Waals surface area contributed by atoms with Crippen LogP contribution in [-0.4, -0.2) is 6.54 Å². The number of benzene rings is 1. The van der Waals surface area contributed by atoms with E-state index in [4.69, 9.17) is 0 Å². The molecule has 0 aromatic heterocycles. The summed E-state index contributed by atoms with van der Waals surface area (Å²) in [5.74, 6) is 0. The fourth-order valence-corrected chi connectivity index (χ4v) is 3.10. The molecule has 1 rings (SSSR count). The van der Waals surface area contributed by atoms with Crippen LogP contribution >= 0.6 is 0 Å². The van der Waals surface area contributed by atoms with Crippen molar-refractivity contribution in [3.8, 4) is 0 Å². The number of aryl methyl sites for hydroxylation is 3. The molecule has 1 nitrogen and oxygen atoms in total. The second kappa shape index (κ2) is 10.00. The molecule has 1 heteroatoms. The molecule has 0 aliphatic heterocycles. The summed E-state index contributed by atoms with van der Waals surface area (Å²) in [4.78, 5) is 0. The van der Waals surface area contributed by atoms with E-state index in [2.05, 4.69) is 52.1 Å². The average molecular weight is 290 g/mol. The molecule has 1 aromatic rings. The maximum Gasteiger partial charge on any atom is 0.0322 e. The van der Waals surface area contributed by atoms with Gasteiger partial charge >= 0.3 is 0 Å². The van der Waals surface area contributed by atoms with Crippen molar-refractivity contribution >= 4 is 0 Å². The predicted octanol–water partition coefficient (Wildman–Crippen LogP) is 6.01. The van der Waals surface area contributed by atoms with E-state index in [1.54, 1.807) is 0 Å². The third-order valence-corrected chi connectivity index (χ3v) is 4.55. The highest BCUT2D eigenvalue weighted by Gasteiger charge is 2.13. The molecule has 0 fully saturated rings. The second-order valence-corrected chi connectivity index (χ2v) is 6.46. The molecule has 1 atom stereocenters. The van der Waals surface area contributed by atoms with Crippen LogP contribution in [0.15, 0.2) is 12.1 Å². The van der Waals surface area contributed by atoms with Crippen molar-refractivity contribution in [2.75, 3.05) is 6.54 Å². The molecular weight excluding hydrogens is 254 g/mol. The normalized spacial score (nSPS) is 12.6. The number of rotatable bonds is 10. The monoisotopic (exact) mass is 289 g/mol. The minimum atomic E-state index is 0.528. The molecule has 0 spiro atoms. The van der Waals surface area contributed by atoms with Crippen molar-refractivity contribution in [2.24, 2.45) is 0 Å². The summed E-state index contributed by atoms with van der Waals surface area (Å²) >= 11 is 0. The molecular formula is C20H35N. The Morgan fingerprint density at radius 2 is 1.43 bits per heavy atom. The lowest BCUT2D eigenvalue weighted by atomic mass is 9.92. The van der Waals surface area contributed by atoms with Gasteiger partial charge in [-0.25, -0.2) is 0 Å². The first-order valence-corrected chi connectivity index (χ1v) is 8.91. The van der Waals surface area contributed by atoms with Crippen molar-refractivity contribution in [1.82, 2.24) is 5.32 Å². The minimum Gasteiger partial charge on any atom is -0.310 e. The van der Waals surface area contributed by atoms with Gasteiger partial charge in [-0.15, -0.1) is 0 Å². The maximum atomic E-state index is 3.69. The van der Waals surface area contributed by atoms with Crippen LogP contribution in [-0.2, 0) is 0 Å². The fourth-order valence-electron chi connectivity index (χ4n) is 3.10. The minimum absolute atomic E-state index is 0.528. The Morgan fingerprint density at radius 1 is 0.810 bits per heavy atom. The lowest BCUT2D eigenvalue weighted by Gasteiger charge is -2.22. The van der Waals surface area contributed by atoms with Gasteiger partial charge in [0.05, 0.1) is 0 Å². The molecule has 0 aliphatic rings. The Balaban J connectivity index is 2.58. The molecule has 1 N–H and O–H groups in total. The summed E-state index contributed by atoms with van der Waals surface area (Å²) < 4.78 is 0. The molecule has 120 valence electrons. The second-order valence-electron chi connectivity index (χ2n) is 6.46. The van der Waals surface area contributed by atoms with E-state index in [0.717, 1.165) is 6.54 Å². The van der Waals surface area contributed by atoms with Crippen LogP contribution in [0.1, 0.15) is 87.1 Å². The van der Waals surface area contributed by atoms with E-state index < -0.39 is 0 Å². The Kier molecular flexibility index (Phi) is 8.68. The smallest absolute Gasteiger partial charge is 0.0322 e. The van der Waals surface area contributed by atoms with Crippen LogP contribution in [0, 0.1) is 20.8 Å². The Morgan fingerprint density at radius 3 is 2.10 bits per heavy atom. The van der Waals surface area contributed by atoms with Crippen LogP contribution in [0.25, 0.3) is 0 Å². The van der Waals surface area contributed by atoms with Crippen molar-refractivity contribution < 1.29 is 0 Å². The standard InChI is InChI=1S/C20H35N/c1-6-8-9-10-11-12-13-20(21-7-2)19-15-17(4)16(3)14-18(19)5/h14-15,20-21H,6-13H2,1-5H3. The van der Waals surface area contributed by atoms with E-state index >= 15 is 0 Å². The molecule has 0 amide bonds. The van der Waals surface area contributed by atoms with Gasteiger partial charge in [-0.3, -0.25) is 0 Å². The van der Waals surface area contributed by atoms with Crippen LogP contribution in [0.2, 0.25) is 0 Å². The van der Waals surface area contributed by atoms with E-state index in [-0.39, 0.29) is 0 Å². The largest absolute Gasteiger partial charge is 0.310 e.